The van der Waals surface area contributed by atoms with Crippen LogP contribution in [0, 0.1) is 10.1 Å². The number of nitro groups is 1. The normalized spacial score (nSPS) is 10.9. The third kappa shape index (κ3) is 8.58. The van der Waals surface area contributed by atoms with Crippen LogP contribution in [0.2, 0.25) is 0 Å². The molecule has 0 heterocycles. The molecular formula is C28H27N5O5S. The molecule has 0 unspecified atom stereocenters. The summed E-state index contributed by atoms with van der Waals surface area (Å²) < 4.78 is 0. The molecule has 0 bridgehead atoms. The molecule has 200 valence electrons. The van der Waals surface area contributed by atoms with Gasteiger partial charge in [-0.15, -0.1) is 0 Å². The van der Waals surface area contributed by atoms with Gasteiger partial charge in [-0.1, -0.05) is 32.9 Å². The van der Waals surface area contributed by atoms with Gasteiger partial charge in [0.25, 0.3) is 17.5 Å². The van der Waals surface area contributed by atoms with E-state index in [9.17, 15) is 24.5 Å². The van der Waals surface area contributed by atoms with Crippen molar-refractivity contribution in [2.24, 2.45) is 0 Å². The van der Waals surface area contributed by atoms with Crippen molar-refractivity contribution in [2.75, 3.05) is 5.32 Å². The van der Waals surface area contributed by atoms with Gasteiger partial charge in [-0.25, -0.2) is 0 Å². The lowest BCUT2D eigenvalue weighted by molar-refractivity contribution is -0.384. The molecule has 0 aliphatic carbocycles. The van der Waals surface area contributed by atoms with E-state index in [4.69, 9.17) is 12.2 Å². The van der Waals surface area contributed by atoms with Crippen LogP contribution < -0.4 is 21.5 Å². The first-order valence-electron chi connectivity index (χ1n) is 11.8. The molecule has 3 aromatic carbocycles. The summed E-state index contributed by atoms with van der Waals surface area (Å²) in [6.07, 6.45) is 2.66. The first-order valence-corrected chi connectivity index (χ1v) is 12.2. The zero-order valence-corrected chi connectivity index (χ0v) is 22.3. The zero-order chi connectivity index (χ0) is 28.6. The Balaban J connectivity index is 1.46. The SMILES string of the molecule is CC(C)(C)c1ccc(C(=O)Nc2ccc(C(=O)NNC(=S)NC(=O)/C=C/c3ccc([N+](=O)[O-])cc3)cc2)cc1. The number of nitrogens with one attached hydrogen (secondary N) is 4. The fraction of sp³-hybridized carbons (Fsp3) is 0.143. The summed E-state index contributed by atoms with van der Waals surface area (Å²) in [6.45, 7) is 6.30. The molecule has 39 heavy (non-hydrogen) atoms. The molecular weight excluding hydrogens is 518 g/mol. The van der Waals surface area contributed by atoms with Crippen LogP contribution in [0.3, 0.4) is 0 Å². The van der Waals surface area contributed by atoms with Crippen LogP contribution >= 0.6 is 12.2 Å². The van der Waals surface area contributed by atoms with E-state index in [1.165, 1.54) is 48.6 Å². The van der Waals surface area contributed by atoms with Crippen LogP contribution in [0.4, 0.5) is 11.4 Å². The molecule has 0 spiro atoms. The highest BCUT2D eigenvalue weighted by molar-refractivity contribution is 7.80. The van der Waals surface area contributed by atoms with E-state index >= 15 is 0 Å². The smallest absolute Gasteiger partial charge is 0.269 e. The molecule has 0 aromatic heterocycles. The van der Waals surface area contributed by atoms with Crippen molar-refractivity contribution in [1.82, 2.24) is 16.2 Å². The molecule has 3 rings (SSSR count). The number of thiocarbonyl (C=S) groups is 1. The Morgan fingerprint density at radius 1 is 0.821 bits per heavy atom. The number of hydrazine groups is 1. The number of hydrogen-bond donors (Lipinski definition) is 4. The molecule has 3 aromatic rings. The fourth-order valence-electron chi connectivity index (χ4n) is 3.28. The van der Waals surface area contributed by atoms with Crippen molar-refractivity contribution in [3.8, 4) is 0 Å². The van der Waals surface area contributed by atoms with Gasteiger partial charge in [0.15, 0.2) is 5.11 Å². The average Bonchev–Trinajstić information content (AvgIpc) is 2.90. The maximum atomic E-state index is 12.5. The Hall–Kier alpha value is -4.90. The predicted octanol–water partition coefficient (Wildman–Crippen LogP) is 4.49. The molecule has 0 radical (unpaired) electrons. The van der Waals surface area contributed by atoms with Crippen molar-refractivity contribution in [2.45, 2.75) is 26.2 Å². The molecule has 0 aliphatic heterocycles. The van der Waals surface area contributed by atoms with Crippen LogP contribution in [0.5, 0.6) is 0 Å². The second kappa shape index (κ2) is 12.6. The van der Waals surface area contributed by atoms with Crippen LogP contribution in [0.1, 0.15) is 52.6 Å². The molecule has 4 N–H and O–H groups in total. The summed E-state index contributed by atoms with van der Waals surface area (Å²) in [4.78, 5) is 47.1. The van der Waals surface area contributed by atoms with E-state index < -0.39 is 16.7 Å². The predicted molar refractivity (Wildman–Crippen MR) is 153 cm³/mol. The Morgan fingerprint density at radius 2 is 1.38 bits per heavy atom. The summed E-state index contributed by atoms with van der Waals surface area (Å²) >= 11 is 5.00. The van der Waals surface area contributed by atoms with Gasteiger partial charge in [0.1, 0.15) is 0 Å². The summed E-state index contributed by atoms with van der Waals surface area (Å²) in [5.41, 5.74) is 7.79. The Labute approximate surface area is 230 Å². The lowest BCUT2D eigenvalue weighted by Gasteiger charge is -2.19. The number of hydrogen-bond acceptors (Lipinski definition) is 6. The summed E-state index contributed by atoms with van der Waals surface area (Å²) in [5, 5.41) is 15.7. The highest BCUT2D eigenvalue weighted by Crippen LogP contribution is 2.22. The summed E-state index contributed by atoms with van der Waals surface area (Å²) in [6, 6.07) is 19.3. The number of benzene rings is 3. The van der Waals surface area contributed by atoms with Crippen molar-refractivity contribution >= 4 is 52.5 Å². The number of nitro benzene ring substituents is 1. The van der Waals surface area contributed by atoms with Gasteiger partial charge in [-0.2, -0.15) is 0 Å². The molecule has 0 atom stereocenters. The Kier molecular flexibility index (Phi) is 9.24. The fourth-order valence-corrected chi connectivity index (χ4v) is 3.43. The van der Waals surface area contributed by atoms with E-state index in [-0.39, 0.29) is 22.1 Å². The molecule has 0 saturated carbocycles. The van der Waals surface area contributed by atoms with Gasteiger partial charge < -0.3 is 5.32 Å². The largest absolute Gasteiger partial charge is 0.322 e. The molecule has 0 fully saturated rings. The third-order valence-electron chi connectivity index (χ3n) is 5.48. The Bertz CT molecular complexity index is 1410. The van der Waals surface area contributed by atoms with Gasteiger partial charge in [0, 0.05) is 35.0 Å². The maximum absolute atomic E-state index is 12.5. The maximum Gasteiger partial charge on any atom is 0.269 e. The first-order chi connectivity index (χ1) is 18.4. The van der Waals surface area contributed by atoms with Crippen molar-refractivity contribution in [3.05, 3.63) is 111 Å². The first kappa shape index (κ1) is 28.7. The third-order valence-corrected chi connectivity index (χ3v) is 5.68. The van der Waals surface area contributed by atoms with E-state index in [1.807, 2.05) is 12.1 Å². The van der Waals surface area contributed by atoms with Crippen LogP contribution in [0.15, 0.2) is 78.9 Å². The lowest BCUT2D eigenvalue weighted by Crippen LogP contribution is -2.48. The van der Waals surface area contributed by atoms with Crippen molar-refractivity contribution in [3.63, 3.8) is 0 Å². The van der Waals surface area contributed by atoms with E-state index in [1.54, 1.807) is 24.3 Å². The second-order valence-corrected chi connectivity index (χ2v) is 9.85. The quantitative estimate of drug-likeness (QED) is 0.155. The lowest BCUT2D eigenvalue weighted by atomic mass is 9.87. The number of non-ortho nitro benzene ring substituents is 1. The standard InChI is InChI=1S/C28H27N5O5S/c1-28(2,3)21-11-7-19(8-12-21)25(35)29-22-13-9-20(10-14-22)26(36)31-32-27(39)30-24(34)17-6-18-4-15-23(16-5-18)33(37)38/h4-17H,1-3H3,(H,29,35)(H,31,36)(H2,30,32,34,39)/b17-6+. The monoisotopic (exact) mass is 545 g/mol. The average molecular weight is 546 g/mol. The molecule has 3 amide bonds. The van der Waals surface area contributed by atoms with Gasteiger partial charge >= 0.3 is 0 Å². The number of nitrogens with zero attached hydrogens (tertiary/aromatic N) is 1. The number of rotatable bonds is 6. The van der Waals surface area contributed by atoms with Crippen LogP contribution in [-0.4, -0.2) is 27.8 Å². The number of amides is 3. The van der Waals surface area contributed by atoms with Crippen LogP contribution in [-0.2, 0) is 10.2 Å². The van der Waals surface area contributed by atoms with Gasteiger partial charge in [-0.05, 0) is 83.4 Å². The van der Waals surface area contributed by atoms with Crippen molar-refractivity contribution in [1.29, 1.82) is 0 Å². The van der Waals surface area contributed by atoms with Gasteiger partial charge in [-0.3, -0.25) is 40.7 Å². The minimum atomic E-state index is -0.562. The molecule has 11 heteroatoms. The van der Waals surface area contributed by atoms with E-state index in [0.29, 0.717) is 22.4 Å². The number of carbonyl (C=O) groups excluding carboxylic acids is 3. The van der Waals surface area contributed by atoms with Gasteiger partial charge in [0.05, 0.1) is 4.92 Å². The number of carbonyl (C=O) groups is 3. The molecule has 0 saturated heterocycles. The molecule has 0 aliphatic rings. The van der Waals surface area contributed by atoms with E-state index in [0.717, 1.165) is 5.56 Å². The second-order valence-electron chi connectivity index (χ2n) is 9.44. The molecule has 10 nitrogen and oxygen atoms in total. The highest BCUT2D eigenvalue weighted by atomic mass is 32.1. The van der Waals surface area contributed by atoms with Crippen molar-refractivity contribution < 1.29 is 19.3 Å². The highest BCUT2D eigenvalue weighted by Gasteiger charge is 2.15. The summed E-state index contributed by atoms with van der Waals surface area (Å²) in [7, 11) is 0. The summed E-state index contributed by atoms with van der Waals surface area (Å²) in [5.74, 6) is -1.34. The Morgan fingerprint density at radius 3 is 1.95 bits per heavy atom. The minimum Gasteiger partial charge on any atom is -0.322 e. The number of anilines is 1. The van der Waals surface area contributed by atoms with Crippen LogP contribution in [0.25, 0.3) is 6.08 Å². The topological polar surface area (TPSA) is 142 Å². The zero-order valence-electron chi connectivity index (χ0n) is 21.5. The van der Waals surface area contributed by atoms with Gasteiger partial charge in [0.2, 0.25) is 5.91 Å². The van der Waals surface area contributed by atoms with E-state index in [2.05, 4.69) is 42.3 Å². The minimum absolute atomic E-state index is 0.0101.